The molecule has 0 aliphatic carbocycles. The monoisotopic (exact) mass is 290 g/mol. The molecule has 1 saturated heterocycles. The highest BCUT2D eigenvalue weighted by atomic mass is 35.5. The number of hydrogen-bond donors (Lipinski definition) is 1. The van der Waals surface area contributed by atoms with Gasteiger partial charge in [-0.15, -0.1) is 0 Å². The smallest absolute Gasteiger partial charge is 0.311 e. The molecule has 1 unspecified atom stereocenters. The molecule has 0 saturated carbocycles. The van der Waals surface area contributed by atoms with E-state index in [2.05, 4.69) is 9.88 Å². The molecule has 0 spiro atoms. The normalized spacial score (nSPS) is 22.4. The molecule has 1 fully saturated rings. The lowest BCUT2D eigenvalue weighted by molar-refractivity contribution is -0.146. The number of fused-ring (bicyclic) bond motifs is 1. The highest BCUT2D eigenvalue weighted by Gasteiger charge is 2.40. The van der Waals surface area contributed by atoms with Gasteiger partial charge >= 0.3 is 5.97 Å². The number of carbonyl (C=O) groups is 1. The second kappa shape index (κ2) is 4.63. The van der Waals surface area contributed by atoms with Crippen LogP contribution in [0.3, 0.4) is 0 Å². The first kappa shape index (κ1) is 13.2. The van der Waals surface area contributed by atoms with Crippen molar-refractivity contribution in [1.82, 2.24) is 4.98 Å². The molecule has 2 heterocycles. The number of anilines is 1. The fourth-order valence-electron chi connectivity index (χ4n) is 2.72. The van der Waals surface area contributed by atoms with Crippen molar-refractivity contribution in [2.24, 2.45) is 5.41 Å². The zero-order chi connectivity index (χ0) is 14.3. The zero-order valence-electron chi connectivity index (χ0n) is 11.1. The second-order valence-corrected chi connectivity index (χ2v) is 5.97. The third-order valence-corrected chi connectivity index (χ3v) is 4.25. The van der Waals surface area contributed by atoms with Gasteiger partial charge in [-0.3, -0.25) is 9.78 Å². The molecule has 4 nitrogen and oxygen atoms in total. The number of benzene rings is 1. The fraction of sp³-hybridized carbons (Fsp3) is 0.333. The number of aromatic nitrogens is 1. The van der Waals surface area contributed by atoms with Gasteiger partial charge in [-0.2, -0.15) is 0 Å². The van der Waals surface area contributed by atoms with Crippen molar-refractivity contribution in [3.8, 4) is 0 Å². The molecule has 1 aliphatic rings. The molecule has 1 aromatic heterocycles. The predicted octanol–water partition coefficient (Wildman–Crippen LogP) is 3.19. The Hall–Kier alpha value is -1.81. The van der Waals surface area contributed by atoms with Gasteiger partial charge in [-0.05, 0) is 37.6 Å². The van der Waals surface area contributed by atoms with Gasteiger partial charge in [0.25, 0.3) is 0 Å². The summed E-state index contributed by atoms with van der Waals surface area (Å²) in [6, 6.07) is 7.50. The molecule has 1 atom stereocenters. The van der Waals surface area contributed by atoms with Crippen molar-refractivity contribution in [1.29, 1.82) is 0 Å². The average molecular weight is 291 g/mol. The van der Waals surface area contributed by atoms with Gasteiger partial charge in [-0.25, -0.2) is 0 Å². The van der Waals surface area contributed by atoms with Crippen LogP contribution in [0.1, 0.15) is 13.3 Å². The van der Waals surface area contributed by atoms with Gasteiger partial charge in [0.05, 0.1) is 10.9 Å². The van der Waals surface area contributed by atoms with Crippen LogP contribution in [0.5, 0.6) is 0 Å². The van der Waals surface area contributed by atoms with Gasteiger partial charge in [0.15, 0.2) is 0 Å². The Morgan fingerprint density at radius 1 is 1.45 bits per heavy atom. The largest absolute Gasteiger partial charge is 0.481 e. The summed E-state index contributed by atoms with van der Waals surface area (Å²) in [5.74, 6) is -0.739. The van der Waals surface area contributed by atoms with Crippen molar-refractivity contribution < 1.29 is 9.90 Å². The molecular formula is C15H15ClN2O2. The lowest BCUT2D eigenvalue weighted by Crippen LogP contribution is -2.31. The molecule has 104 valence electrons. The quantitative estimate of drug-likeness (QED) is 0.923. The first-order valence-corrected chi connectivity index (χ1v) is 6.90. The number of nitrogens with zero attached hydrogens (tertiary/aromatic N) is 2. The van der Waals surface area contributed by atoms with E-state index in [0.29, 0.717) is 18.0 Å². The minimum Gasteiger partial charge on any atom is -0.481 e. The summed E-state index contributed by atoms with van der Waals surface area (Å²) in [6.45, 7) is 3.04. The number of pyridine rings is 1. The lowest BCUT2D eigenvalue weighted by Gasteiger charge is -2.23. The highest BCUT2D eigenvalue weighted by Crippen LogP contribution is 2.36. The number of carboxylic acid groups (broad SMARTS) is 1. The Bertz CT molecular complexity index is 689. The van der Waals surface area contributed by atoms with E-state index in [-0.39, 0.29) is 0 Å². The maximum Gasteiger partial charge on any atom is 0.311 e. The van der Waals surface area contributed by atoms with Crippen LogP contribution >= 0.6 is 11.6 Å². The van der Waals surface area contributed by atoms with Gasteiger partial charge in [0, 0.05) is 35.4 Å². The third-order valence-electron chi connectivity index (χ3n) is 4.01. The standard InChI is InChI=1S/C15H15ClN2O2/c1-15(14(19)20)5-7-18(9-15)13-4-6-17-12-3-2-10(16)8-11(12)13/h2-4,6,8H,5,7,9H2,1H3,(H,19,20). The van der Waals surface area contributed by atoms with Gasteiger partial charge in [-0.1, -0.05) is 11.6 Å². The number of hydrogen-bond acceptors (Lipinski definition) is 3. The molecule has 20 heavy (non-hydrogen) atoms. The summed E-state index contributed by atoms with van der Waals surface area (Å²) in [6.07, 6.45) is 2.40. The maximum absolute atomic E-state index is 11.4. The van der Waals surface area contributed by atoms with E-state index in [1.165, 1.54) is 0 Å². The number of halogens is 1. The Kier molecular flexibility index (Phi) is 3.05. The maximum atomic E-state index is 11.4. The van der Waals surface area contributed by atoms with Crippen LogP contribution in [0.2, 0.25) is 5.02 Å². The second-order valence-electron chi connectivity index (χ2n) is 5.53. The van der Waals surface area contributed by atoms with Crippen LogP contribution in [0.15, 0.2) is 30.5 Å². The minimum atomic E-state index is -0.739. The molecule has 0 bridgehead atoms. The van der Waals surface area contributed by atoms with E-state index in [1.807, 2.05) is 24.3 Å². The Balaban J connectivity index is 2.04. The molecule has 1 aliphatic heterocycles. The topological polar surface area (TPSA) is 53.4 Å². The molecule has 0 radical (unpaired) electrons. The van der Waals surface area contributed by atoms with Crippen LogP contribution in [0, 0.1) is 5.41 Å². The molecular weight excluding hydrogens is 276 g/mol. The zero-order valence-corrected chi connectivity index (χ0v) is 11.9. The van der Waals surface area contributed by atoms with E-state index in [9.17, 15) is 9.90 Å². The molecule has 1 aromatic carbocycles. The van der Waals surface area contributed by atoms with Crippen LogP contribution in [-0.2, 0) is 4.79 Å². The molecule has 0 amide bonds. The highest BCUT2D eigenvalue weighted by molar-refractivity contribution is 6.31. The minimum absolute atomic E-state index is 0.508. The fourth-order valence-corrected chi connectivity index (χ4v) is 2.89. The summed E-state index contributed by atoms with van der Waals surface area (Å²) in [4.78, 5) is 17.8. The van der Waals surface area contributed by atoms with Crippen molar-refractivity contribution in [2.75, 3.05) is 18.0 Å². The molecule has 3 rings (SSSR count). The van der Waals surface area contributed by atoms with E-state index in [0.717, 1.165) is 23.1 Å². The first-order valence-electron chi connectivity index (χ1n) is 6.52. The molecule has 1 N–H and O–H groups in total. The Morgan fingerprint density at radius 3 is 2.95 bits per heavy atom. The van der Waals surface area contributed by atoms with Crippen LogP contribution in [-0.4, -0.2) is 29.1 Å². The average Bonchev–Trinajstić information content (AvgIpc) is 2.82. The Labute approximate surface area is 122 Å². The third kappa shape index (κ3) is 2.10. The van der Waals surface area contributed by atoms with Crippen molar-refractivity contribution in [3.05, 3.63) is 35.5 Å². The van der Waals surface area contributed by atoms with E-state index in [1.54, 1.807) is 13.1 Å². The van der Waals surface area contributed by atoms with Gasteiger partial charge < -0.3 is 10.0 Å². The SMILES string of the molecule is CC1(C(=O)O)CCN(c2ccnc3ccc(Cl)cc23)C1. The van der Waals surface area contributed by atoms with Gasteiger partial charge in [0.2, 0.25) is 0 Å². The van der Waals surface area contributed by atoms with E-state index >= 15 is 0 Å². The Morgan fingerprint density at radius 2 is 2.25 bits per heavy atom. The summed E-state index contributed by atoms with van der Waals surface area (Å²) in [5.41, 5.74) is 1.19. The summed E-state index contributed by atoms with van der Waals surface area (Å²) in [5, 5.41) is 11.0. The first-order chi connectivity index (χ1) is 9.49. The molecule has 2 aromatic rings. The van der Waals surface area contributed by atoms with E-state index < -0.39 is 11.4 Å². The van der Waals surface area contributed by atoms with E-state index in [4.69, 9.17) is 11.6 Å². The van der Waals surface area contributed by atoms with Crippen LogP contribution in [0.4, 0.5) is 5.69 Å². The van der Waals surface area contributed by atoms with Crippen molar-refractivity contribution in [3.63, 3.8) is 0 Å². The summed E-state index contributed by atoms with van der Waals surface area (Å²) < 4.78 is 0. The van der Waals surface area contributed by atoms with Crippen LogP contribution < -0.4 is 4.90 Å². The number of aliphatic carboxylic acids is 1. The summed E-state index contributed by atoms with van der Waals surface area (Å²) >= 11 is 6.06. The van der Waals surface area contributed by atoms with Crippen molar-refractivity contribution >= 4 is 34.2 Å². The van der Waals surface area contributed by atoms with Crippen molar-refractivity contribution in [2.45, 2.75) is 13.3 Å². The predicted molar refractivity (Wildman–Crippen MR) is 79.3 cm³/mol. The molecule has 5 heteroatoms. The van der Waals surface area contributed by atoms with Crippen LogP contribution in [0.25, 0.3) is 10.9 Å². The number of rotatable bonds is 2. The van der Waals surface area contributed by atoms with Gasteiger partial charge in [0.1, 0.15) is 0 Å². The summed E-state index contributed by atoms with van der Waals surface area (Å²) in [7, 11) is 0. The number of carboxylic acids is 1. The lowest BCUT2D eigenvalue weighted by atomic mass is 9.90.